The summed E-state index contributed by atoms with van der Waals surface area (Å²) in [6, 6.07) is 3.65. The number of aromatic nitrogens is 2. The maximum Gasteiger partial charge on any atom is 0.346 e. The second kappa shape index (κ2) is 4.36. The summed E-state index contributed by atoms with van der Waals surface area (Å²) in [6.45, 7) is 0.474. The number of aromatic carboxylic acids is 1. The molecule has 0 amide bonds. The summed E-state index contributed by atoms with van der Waals surface area (Å²) in [6.07, 6.45) is 1.83. The van der Waals surface area contributed by atoms with E-state index in [0.29, 0.717) is 11.4 Å². The monoisotopic (exact) mass is 237 g/mol. The third-order valence-electron chi connectivity index (χ3n) is 2.11. The normalized spacial score (nSPS) is 10.3. The van der Waals surface area contributed by atoms with Crippen LogP contribution in [0.25, 0.3) is 0 Å². The first-order valence-corrected chi connectivity index (χ1v) is 5.58. The van der Waals surface area contributed by atoms with Crippen LogP contribution in [0.5, 0.6) is 0 Å². The van der Waals surface area contributed by atoms with Gasteiger partial charge in [0.15, 0.2) is 0 Å². The molecule has 0 fully saturated rings. The van der Waals surface area contributed by atoms with E-state index in [9.17, 15) is 4.79 Å². The van der Waals surface area contributed by atoms with E-state index in [2.05, 4.69) is 10.4 Å². The molecule has 0 aliphatic rings. The van der Waals surface area contributed by atoms with Crippen molar-refractivity contribution in [2.24, 2.45) is 7.05 Å². The molecule has 0 unspecified atom stereocenters. The SMILES string of the molecule is Cn1ccc(NCc2ccsc2C(=O)O)n1. The maximum atomic E-state index is 10.9. The van der Waals surface area contributed by atoms with Crippen LogP contribution < -0.4 is 5.32 Å². The fourth-order valence-electron chi connectivity index (χ4n) is 1.36. The number of carbonyl (C=O) groups is 1. The molecule has 2 rings (SSSR count). The molecule has 2 heterocycles. The Balaban J connectivity index is 2.04. The summed E-state index contributed by atoms with van der Waals surface area (Å²) in [5, 5.41) is 17.9. The number of nitrogens with one attached hydrogen (secondary N) is 1. The Morgan fingerprint density at radius 1 is 1.62 bits per heavy atom. The molecular formula is C10H11N3O2S. The summed E-state index contributed by atoms with van der Waals surface area (Å²) < 4.78 is 1.69. The van der Waals surface area contributed by atoms with E-state index >= 15 is 0 Å². The van der Waals surface area contributed by atoms with Crippen LogP contribution in [0.2, 0.25) is 0 Å². The quantitative estimate of drug-likeness (QED) is 0.850. The molecule has 16 heavy (non-hydrogen) atoms. The molecule has 0 bridgehead atoms. The van der Waals surface area contributed by atoms with Gasteiger partial charge in [-0.15, -0.1) is 11.3 Å². The first-order valence-electron chi connectivity index (χ1n) is 4.70. The van der Waals surface area contributed by atoms with Gasteiger partial charge >= 0.3 is 5.97 Å². The van der Waals surface area contributed by atoms with Crippen LogP contribution >= 0.6 is 11.3 Å². The Labute approximate surface area is 96.3 Å². The first kappa shape index (κ1) is 10.7. The van der Waals surface area contributed by atoms with Crippen molar-refractivity contribution < 1.29 is 9.90 Å². The number of hydrogen-bond acceptors (Lipinski definition) is 4. The predicted molar refractivity (Wildman–Crippen MR) is 61.8 cm³/mol. The number of hydrogen-bond donors (Lipinski definition) is 2. The fourth-order valence-corrected chi connectivity index (χ4v) is 2.12. The number of anilines is 1. The van der Waals surface area contributed by atoms with Crippen LogP contribution in [0.4, 0.5) is 5.82 Å². The van der Waals surface area contributed by atoms with Crippen LogP contribution in [-0.2, 0) is 13.6 Å². The standard InChI is InChI=1S/C10H11N3O2S/c1-13-4-2-8(12-13)11-6-7-3-5-16-9(7)10(14)15/h2-5H,6H2,1H3,(H,11,12)(H,14,15). The second-order valence-electron chi connectivity index (χ2n) is 3.31. The first-order chi connectivity index (χ1) is 7.66. The highest BCUT2D eigenvalue weighted by molar-refractivity contribution is 7.12. The lowest BCUT2D eigenvalue weighted by Crippen LogP contribution is -2.04. The van der Waals surface area contributed by atoms with E-state index in [0.717, 1.165) is 11.4 Å². The van der Waals surface area contributed by atoms with Gasteiger partial charge in [0.1, 0.15) is 10.7 Å². The van der Waals surface area contributed by atoms with Gasteiger partial charge in [0.2, 0.25) is 0 Å². The van der Waals surface area contributed by atoms with Crippen molar-refractivity contribution in [2.45, 2.75) is 6.54 Å². The molecule has 0 radical (unpaired) electrons. The number of carboxylic acid groups (broad SMARTS) is 1. The molecule has 84 valence electrons. The number of nitrogens with zero attached hydrogens (tertiary/aromatic N) is 2. The summed E-state index contributed by atoms with van der Waals surface area (Å²) >= 11 is 1.23. The topological polar surface area (TPSA) is 67.2 Å². The van der Waals surface area contributed by atoms with Crippen molar-refractivity contribution in [1.29, 1.82) is 0 Å². The van der Waals surface area contributed by atoms with Crippen LogP contribution in [0.15, 0.2) is 23.7 Å². The Bertz CT molecular complexity index is 504. The number of thiophene rings is 1. The molecule has 0 spiro atoms. The van der Waals surface area contributed by atoms with E-state index in [4.69, 9.17) is 5.11 Å². The van der Waals surface area contributed by atoms with Crippen molar-refractivity contribution in [3.63, 3.8) is 0 Å². The molecule has 0 atom stereocenters. The van der Waals surface area contributed by atoms with Crippen LogP contribution in [-0.4, -0.2) is 20.9 Å². The smallest absolute Gasteiger partial charge is 0.346 e. The maximum absolute atomic E-state index is 10.9. The number of aryl methyl sites for hydroxylation is 1. The van der Waals surface area contributed by atoms with Gasteiger partial charge in [-0.05, 0) is 17.0 Å². The van der Waals surface area contributed by atoms with E-state index < -0.39 is 5.97 Å². The van der Waals surface area contributed by atoms with Gasteiger partial charge in [-0.1, -0.05) is 0 Å². The Morgan fingerprint density at radius 2 is 2.44 bits per heavy atom. The van der Waals surface area contributed by atoms with Crippen molar-refractivity contribution in [3.8, 4) is 0 Å². The third kappa shape index (κ3) is 2.22. The molecule has 0 saturated carbocycles. The molecule has 2 N–H and O–H groups in total. The molecular weight excluding hydrogens is 226 g/mol. The van der Waals surface area contributed by atoms with Crippen molar-refractivity contribution in [2.75, 3.05) is 5.32 Å². The van der Waals surface area contributed by atoms with Crippen molar-refractivity contribution in [3.05, 3.63) is 34.2 Å². The van der Waals surface area contributed by atoms with Gasteiger partial charge in [-0.2, -0.15) is 5.10 Å². The van der Waals surface area contributed by atoms with Crippen LogP contribution in [0.3, 0.4) is 0 Å². The lowest BCUT2D eigenvalue weighted by atomic mass is 10.2. The molecule has 5 nitrogen and oxygen atoms in total. The summed E-state index contributed by atoms with van der Waals surface area (Å²) in [5.41, 5.74) is 0.781. The molecule has 2 aromatic heterocycles. The van der Waals surface area contributed by atoms with E-state index in [1.54, 1.807) is 10.1 Å². The highest BCUT2D eigenvalue weighted by Gasteiger charge is 2.11. The summed E-state index contributed by atoms with van der Waals surface area (Å²) in [5.74, 6) is -0.141. The summed E-state index contributed by atoms with van der Waals surface area (Å²) in [4.78, 5) is 11.2. The molecule has 0 aromatic carbocycles. The zero-order chi connectivity index (χ0) is 11.5. The van der Waals surface area contributed by atoms with Gasteiger partial charge in [0.05, 0.1) is 0 Å². The average molecular weight is 237 g/mol. The van der Waals surface area contributed by atoms with Crippen LogP contribution in [0.1, 0.15) is 15.2 Å². The average Bonchev–Trinajstić information content (AvgIpc) is 2.83. The van der Waals surface area contributed by atoms with E-state index in [-0.39, 0.29) is 0 Å². The van der Waals surface area contributed by atoms with Gasteiger partial charge in [0, 0.05) is 25.9 Å². The molecule has 0 aliphatic carbocycles. The molecule has 2 aromatic rings. The van der Waals surface area contributed by atoms with Gasteiger partial charge < -0.3 is 10.4 Å². The number of carboxylic acids is 1. The lowest BCUT2D eigenvalue weighted by molar-refractivity contribution is 0.0701. The Kier molecular flexibility index (Phi) is 2.91. The van der Waals surface area contributed by atoms with Gasteiger partial charge in [-0.3, -0.25) is 4.68 Å². The van der Waals surface area contributed by atoms with Gasteiger partial charge in [0.25, 0.3) is 0 Å². The zero-order valence-corrected chi connectivity index (χ0v) is 9.49. The lowest BCUT2D eigenvalue weighted by Gasteiger charge is -2.02. The second-order valence-corrected chi connectivity index (χ2v) is 4.22. The Morgan fingerprint density at radius 3 is 3.06 bits per heavy atom. The minimum atomic E-state index is -0.882. The Hall–Kier alpha value is -1.82. The van der Waals surface area contributed by atoms with Crippen molar-refractivity contribution in [1.82, 2.24) is 9.78 Å². The van der Waals surface area contributed by atoms with Gasteiger partial charge in [-0.25, -0.2) is 4.79 Å². The highest BCUT2D eigenvalue weighted by Crippen LogP contribution is 2.17. The highest BCUT2D eigenvalue weighted by atomic mass is 32.1. The number of rotatable bonds is 4. The van der Waals surface area contributed by atoms with E-state index in [1.807, 2.05) is 25.4 Å². The molecule has 6 heteroatoms. The van der Waals surface area contributed by atoms with Crippen LogP contribution in [0, 0.1) is 0 Å². The summed E-state index contributed by atoms with van der Waals surface area (Å²) in [7, 11) is 1.83. The largest absolute Gasteiger partial charge is 0.477 e. The van der Waals surface area contributed by atoms with E-state index in [1.165, 1.54) is 11.3 Å². The minimum Gasteiger partial charge on any atom is -0.477 e. The molecule has 0 aliphatic heterocycles. The van der Waals surface area contributed by atoms with Crippen molar-refractivity contribution >= 4 is 23.1 Å². The predicted octanol–water partition coefficient (Wildman–Crippen LogP) is 1.79. The molecule has 0 saturated heterocycles. The third-order valence-corrected chi connectivity index (χ3v) is 3.06. The zero-order valence-electron chi connectivity index (χ0n) is 8.67. The minimum absolute atomic E-state index is 0.378. The fraction of sp³-hybridized carbons (Fsp3) is 0.200.